The summed E-state index contributed by atoms with van der Waals surface area (Å²) in [5, 5.41) is 0. The summed E-state index contributed by atoms with van der Waals surface area (Å²) >= 11 is 0. The molecule has 1 heteroatoms. The van der Waals surface area contributed by atoms with E-state index in [0.717, 1.165) is 0 Å². The summed E-state index contributed by atoms with van der Waals surface area (Å²) < 4.78 is 0. The van der Waals surface area contributed by atoms with Crippen molar-refractivity contribution in [2.45, 2.75) is 27.7 Å². The van der Waals surface area contributed by atoms with Gasteiger partial charge in [-0.05, 0) is 55.5 Å². The third-order valence-corrected chi connectivity index (χ3v) is 3.04. The van der Waals surface area contributed by atoms with Gasteiger partial charge in [0.05, 0.1) is 0 Å². The van der Waals surface area contributed by atoms with Gasteiger partial charge in [0.25, 0.3) is 0 Å². The summed E-state index contributed by atoms with van der Waals surface area (Å²) in [5.74, 6) is 0. The van der Waals surface area contributed by atoms with Gasteiger partial charge >= 0.3 is 0 Å². The van der Waals surface area contributed by atoms with Gasteiger partial charge < -0.3 is 0 Å². The Morgan fingerprint density at radius 2 is 1.40 bits per heavy atom. The van der Waals surface area contributed by atoms with Crippen molar-refractivity contribution in [1.82, 2.24) is 0 Å². The average Bonchev–Trinajstić information content (AvgIpc) is 2.41. The summed E-state index contributed by atoms with van der Waals surface area (Å²) in [6.45, 7) is 8.81. The summed E-state index contributed by atoms with van der Waals surface area (Å²) in [6, 6.07) is 8.67. The Balaban J connectivity index is 0.00000112. The molecule has 2 rings (SSSR count). The van der Waals surface area contributed by atoms with Crippen molar-refractivity contribution >= 4 is 11.1 Å². The van der Waals surface area contributed by atoms with E-state index in [0.29, 0.717) is 0 Å². The zero-order chi connectivity index (χ0) is 10.3. The molecule has 0 atom stereocenters. The molecule has 0 aromatic heterocycles. The van der Waals surface area contributed by atoms with Crippen LogP contribution in [0, 0.1) is 0 Å². The standard InChI is InChI=1S/C14H16.V/c1-9(2)14-11(4)10(3)12-7-5-6-8-13(12)14;/h5-8H,1-4H3;. The zero-order valence-corrected chi connectivity index (χ0v) is 11.2. The Kier molecular flexibility index (Phi) is 3.64. The van der Waals surface area contributed by atoms with E-state index in [1.807, 2.05) is 0 Å². The van der Waals surface area contributed by atoms with E-state index in [1.54, 1.807) is 0 Å². The summed E-state index contributed by atoms with van der Waals surface area (Å²) in [6.07, 6.45) is 0. The summed E-state index contributed by atoms with van der Waals surface area (Å²) in [7, 11) is 0. The van der Waals surface area contributed by atoms with E-state index in [1.165, 1.54) is 33.4 Å². The number of benzene rings is 1. The molecular weight excluding hydrogens is 219 g/mol. The third kappa shape index (κ3) is 1.84. The molecule has 0 fully saturated rings. The molecule has 0 bridgehead atoms. The Morgan fingerprint density at radius 1 is 0.867 bits per heavy atom. The quantitative estimate of drug-likeness (QED) is 0.629. The fourth-order valence-electron chi connectivity index (χ4n) is 2.26. The topological polar surface area (TPSA) is 0 Å². The van der Waals surface area contributed by atoms with Crippen LogP contribution < -0.4 is 0 Å². The first kappa shape index (κ1) is 12.4. The van der Waals surface area contributed by atoms with E-state index in [2.05, 4.69) is 52.0 Å². The molecule has 0 saturated heterocycles. The second-order valence-electron chi connectivity index (χ2n) is 4.17. The normalized spacial score (nSPS) is 13.7. The fraction of sp³-hybridized carbons (Fsp3) is 0.286. The molecule has 0 N–H and O–H groups in total. The fourth-order valence-corrected chi connectivity index (χ4v) is 2.26. The van der Waals surface area contributed by atoms with Crippen molar-refractivity contribution in [3.05, 3.63) is 46.5 Å². The van der Waals surface area contributed by atoms with Crippen LogP contribution in [0.15, 0.2) is 35.4 Å². The maximum Gasteiger partial charge on any atom is 0 e. The summed E-state index contributed by atoms with van der Waals surface area (Å²) in [4.78, 5) is 0. The van der Waals surface area contributed by atoms with E-state index < -0.39 is 0 Å². The van der Waals surface area contributed by atoms with Crippen LogP contribution in [0.3, 0.4) is 0 Å². The van der Waals surface area contributed by atoms with Crippen molar-refractivity contribution in [1.29, 1.82) is 0 Å². The minimum atomic E-state index is 0. The van der Waals surface area contributed by atoms with Crippen molar-refractivity contribution in [2.24, 2.45) is 0 Å². The molecule has 0 saturated carbocycles. The number of hydrogen-bond donors (Lipinski definition) is 0. The first-order valence-corrected chi connectivity index (χ1v) is 5.08. The van der Waals surface area contributed by atoms with E-state index in [4.69, 9.17) is 0 Å². The Hall–Kier alpha value is -0.716. The molecular formula is C14H16V. The molecule has 1 radical (unpaired) electrons. The molecule has 0 nitrogen and oxygen atoms in total. The minimum Gasteiger partial charge on any atom is -0.0683 e. The SMILES string of the molecule is CC(C)=C1C(C)=C(C)c2ccccc21.[V]. The van der Waals surface area contributed by atoms with Gasteiger partial charge in [0.1, 0.15) is 0 Å². The Bertz CT molecular complexity index is 446. The van der Waals surface area contributed by atoms with Crippen molar-refractivity contribution in [3.8, 4) is 0 Å². The molecule has 0 spiro atoms. The predicted octanol–water partition coefficient (Wildman–Crippen LogP) is 4.28. The Morgan fingerprint density at radius 3 is 1.93 bits per heavy atom. The van der Waals surface area contributed by atoms with Crippen LogP contribution >= 0.6 is 0 Å². The van der Waals surface area contributed by atoms with Crippen LogP contribution in [0.5, 0.6) is 0 Å². The van der Waals surface area contributed by atoms with Gasteiger partial charge in [-0.3, -0.25) is 0 Å². The van der Waals surface area contributed by atoms with Gasteiger partial charge in [0.15, 0.2) is 0 Å². The number of allylic oxidation sites excluding steroid dienone is 4. The van der Waals surface area contributed by atoms with Crippen LogP contribution in [0.4, 0.5) is 0 Å². The van der Waals surface area contributed by atoms with E-state index in [-0.39, 0.29) is 18.6 Å². The van der Waals surface area contributed by atoms with Crippen LogP contribution in [0.25, 0.3) is 11.1 Å². The van der Waals surface area contributed by atoms with Crippen LogP contribution in [0.1, 0.15) is 38.8 Å². The molecule has 1 aromatic carbocycles. The van der Waals surface area contributed by atoms with Gasteiger partial charge in [0.2, 0.25) is 0 Å². The summed E-state index contributed by atoms with van der Waals surface area (Å²) in [5.41, 5.74) is 8.52. The molecule has 0 heterocycles. The molecule has 1 aliphatic rings. The van der Waals surface area contributed by atoms with Gasteiger partial charge in [-0.2, -0.15) is 0 Å². The van der Waals surface area contributed by atoms with Crippen LogP contribution in [-0.4, -0.2) is 0 Å². The second-order valence-corrected chi connectivity index (χ2v) is 4.17. The van der Waals surface area contributed by atoms with Gasteiger partial charge in [0, 0.05) is 18.6 Å². The number of rotatable bonds is 0. The Labute approximate surface area is 104 Å². The molecule has 1 aromatic rings. The largest absolute Gasteiger partial charge is 0.0683 e. The minimum absolute atomic E-state index is 0. The second kappa shape index (κ2) is 4.43. The predicted molar refractivity (Wildman–Crippen MR) is 63.0 cm³/mol. The first-order chi connectivity index (χ1) is 6.63. The molecule has 1 aliphatic carbocycles. The van der Waals surface area contributed by atoms with Gasteiger partial charge in [-0.1, -0.05) is 29.8 Å². The van der Waals surface area contributed by atoms with Crippen molar-refractivity contribution in [2.75, 3.05) is 0 Å². The van der Waals surface area contributed by atoms with Crippen molar-refractivity contribution < 1.29 is 18.6 Å². The maximum atomic E-state index is 2.22. The smallest absolute Gasteiger partial charge is 0 e. The number of hydrogen-bond acceptors (Lipinski definition) is 0. The van der Waals surface area contributed by atoms with Crippen molar-refractivity contribution in [3.63, 3.8) is 0 Å². The molecule has 0 aliphatic heterocycles. The average molecular weight is 235 g/mol. The molecule has 0 amide bonds. The number of fused-ring (bicyclic) bond motifs is 1. The van der Waals surface area contributed by atoms with E-state index >= 15 is 0 Å². The monoisotopic (exact) mass is 235 g/mol. The maximum absolute atomic E-state index is 2.22. The van der Waals surface area contributed by atoms with Gasteiger partial charge in [-0.15, -0.1) is 0 Å². The molecule has 77 valence electrons. The molecule has 0 unspecified atom stereocenters. The zero-order valence-electron chi connectivity index (χ0n) is 9.76. The molecule has 15 heavy (non-hydrogen) atoms. The van der Waals surface area contributed by atoms with Crippen LogP contribution in [0.2, 0.25) is 0 Å². The van der Waals surface area contributed by atoms with E-state index in [9.17, 15) is 0 Å². The van der Waals surface area contributed by atoms with Gasteiger partial charge in [-0.25, -0.2) is 0 Å². The third-order valence-electron chi connectivity index (χ3n) is 3.04. The van der Waals surface area contributed by atoms with Crippen LogP contribution in [-0.2, 0) is 18.6 Å². The first-order valence-electron chi connectivity index (χ1n) is 5.08.